The van der Waals surface area contributed by atoms with E-state index in [1.54, 1.807) is 13.2 Å². The standard InChI is InChI=1S/C17H26N2O2/c1-5-6-14-9-13(10-15(21-4)16(14)20)11-19-8-7-18-17(2,3)12-19/h5,9-10,18,20H,1,6-8,11-12H2,2-4H3. The van der Waals surface area contributed by atoms with Crippen LogP contribution < -0.4 is 10.1 Å². The molecule has 1 aromatic rings. The first kappa shape index (κ1) is 15.9. The molecule has 0 atom stereocenters. The zero-order valence-corrected chi connectivity index (χ0v) is 13.3. The van der Waals surface area contributed by atoms with Crippen molar-refractivity contribution in [2.75, 3.05) is 26.7 Å². The third kappa shape index (κ3) is 3.99. The summed E-state index contributed by atoms with van der Waals surface area (Å²) in [6.45, 7) is 12.1. The minimum absolute atomic E-state index is 0.142. The Labute approximate surface area is 127 Å². The number of nitrogens with zero attached hydrogens (tertiary/aromatic N) is 1. The van der Waals surface area contributed by atoms with Crippen molar-refractivity contribution in [1.82, 2.24) is 10.2 Å². The van der Waals surface area contributed by atoms with Crippen LogP contribution in [0.15, 0.2) is 24.8 Å². The van der Waals surface area contributed by atoms with Gasteiger partial charge in [0, 0.05) is 37.3 Å². The fraction of sp³-hybridized carbons (Fsp3) is 0.529. The quantitative estimate of drug-likeness (QED) is 0.817. The number of rotatable bonds is 5. The molecule has 0 aromatic heterocycles. The average Bonchev–Trinajstić information content (AvgIpc) is 2.41. The zero-order chi connectivity index (χ0) is 15.5. The van der Waals surface area contributed by atoms with Crippen LogP contribution in [0.3, 0.4) is 0 Å². The number of piperazine rings is 1. The van der Waals surface area contributed by atoms with Gasteiger partial charge in [-0.2, -0.15) is 0 Å². The molecule has 4 nitrogen and oxygen atoms in total. The van der Waals surface area contributed by atoms with Crippen LogP contribution in [-0.2, 0) is 13.0 Å². The minimum atomic E-state index is 0.142. The second-order valence-corrected chi connectivity index (χ2v) is 6.32. The van der Waals surface area contributed by atoms with Crippen LogP contribution >= 0.6 is 0 Å². The van der Waals surface area contributed by atoms with Crippen LogP contribution in [0.1, 0.15) is 25.0 Å². The van der Waals surface area contributed by atoms with E-state index < -0.39 is 0 Å². The summed E-state index contributed by atoms with van der Waals surface area (Å²) in [7, 11) is 1.59. The van der Waals surface area contributed by atoms with Crippen LogP contribution in [0.2, 0.25) is 0 Å². The molecule has 1 aliphatic heterocycles. The highest BCUT2D eigenvalue weighted by atomic mass is 16.5. The smallest absolute Gasteiger partial charge is 0.161 e. The molecule has 21 heavy (non-hydrogen) atoms. The van der Waals surface area contributed by atoms with Gasteiger partial charge in [0.15, 0.2) is 11.5 Å². The van der Waals surface area contributed by atoms with Gasteiger partial charge in [-0.05, 0) is 31.9 Å². The van der Waals surface area contributed by atoms with Crippen molar-refractivity contribution in [3.63, 3.8) is 0 Å². The highest BCUT2D eigenvalue weighted by molar-refractivity contribution is 5.49. The third-order valence-corrected chi connectivity index (χ3v) is 3.85. The molecule has 0 radical (unpaired) electrons. The molecule has 0 saturated carbocycles. The van der Waals surface area contributed by atoms with Crippen LogP contribution in [-0.4, -0.2) is 42.3 Å². The van der Waals surface area contributed by atoms with E-state index in [1.807, 2.05) is 6.07 Å². The highest BCUT2D eigenvalue weighted by Gasteiger charge is 2.25. The normalized spacial score (nSPS) is 18.4. The zero-order valence-electron chi connectivity index (χ0n) is 13.3. The fourth-order valence-electron chi connectivity index (χ4n) is 2.93. The molecule has 0 spiro atoms. The molecule has 1 aromatic carbocycles. The van der Waals surface area contributed by atoms with E-state index in [2.05, 4.69) is 36.7 Å². The monoisotopic (exact) mass is 290 g/mol. The highest BCUT2D eigenvalue weighted by Crippen LogP contribution is 2.32. The number of benzene rings is 1. The molecular formula is C17H26N2O2. The van der Waals surface area contributed by atoms with Gasteiger partial charge in [-0.25, -0.2) is 0 Å². The number of aromatic hydroxyl groups is 1. The fourth-order valence-corrected chi connectivity index (χ4v) is 2.93. The van der Waals surface area contributed by atoms with Crippen LogP contribution in [0, 0.1) is 0 Å². The Hall–Kier alpha value is -1.52. The number of methoxy groups -OCH3 is 1. The molecule has 2 rings (SSSR count). The van der Waals surface area contributed by atoms with E-state index in [1.165, 1.54) is 5.56 Å². The summed E-state index contributed by atoms with van der Waals surface area (Å²) in [4.78, 5) is 2.43. The van der Waals surface area contributed by atoms with Gasteiger partial charge in [0.05, 0.1) is 7.11 Å². The summed E-state index contributed by atoms with van der Waals surface area (Å²) in [6.07, 6.45) is 2.44. The van der Waals surface area contributed by atoms with Crippen LogP contribution in [0.4, 0.5) is 0 Å². The van der Waals surface area contributed by atoms with Gasteiger partial charge in [-0.1, -0.05) is 12.1 Å². The molecule has 1 heterocycles. The summed E-state index contributed by atoms with van der Waals surface area (Å²) >= 11 is 0. The number of phenolic OH excluding ortho intramolecular Hbond substituents is 1. The van der Waals surface area contributed by atoms with E-state index in [9.17, 15) is 5.11 Å². The molecule has 0 unspecified atom stereocenters. The van der Waals surface area contributed by atoms with Crippen molar-refractivity contribution in [2.24, 2.45) is 0 Å². The van der Waals surface area contributed by atoms with Crippen molar-refractivity contribution in [3.05, 3.63) is 35.9 Å². The Kier molecular flexibility index (Phi) is 4.91. The summed E-state index contributed by atoms with van der Waals surface area (Å²) in [6, 6.07) is 3.98. The number of ether oxygens (including phenoxy) is 1. The number of nitrogens with one attached hydrogen (secondary N) is 1. The van der Waals surface area contributed by atoms with Crippen molar-refractivity contribution >= 4 is 0 Å². The van der Waals surface area contributed by atoms with Gasteiger partial charge in [0.2, 0.25) is 0 Å². The lowest BCUT2D eigenvalue weighted by atomic mass is 10.0. The maximum atomic E-state index is 10.1. The first-order valence-electron chi connectivity index (χ1n) is 7.42. The molecular weight excluding hydrogens is 264 g/mol. The second kappa shape index (κ2) is 6.50. The third-order valence-electron chi connectivity index (χ3n) is 3.85. The van der Waals surface area contributed by atoms with E-state index in [0.29, 0.717) is 12.2 Å². The Morgan fingerprint density at radius 1 is 1.48 bits per heavy atom. The lowest BCUT2D eigenvalue weighted by Crippen LogP contribution is -2.56. The Morgan fingerprint density at radius 2 is 2.24 bits per heavy atom. The first-order chi connectivity index (χ1) is 9.95. The summed E-state index contributed by atoms with van der Waals surface area (Å²) < 4.78 is 5.29. The van der Waals surface area contributed by atoms with Gasteiger partial charge in [0.1, 0.15) is 0 Å². The van der Waals surface area contributed by atoms with E-state index in [0.717, 1.165) is 31.7 Å². The number of allylic oxidation sites excluding steroid dienone is 1. The van der Waals surface area contributed by atoms with Gasteiger partial charge >= 0.3 is 0 Å². The van der Waals surface area contributed by atoms with Gasteiger partial charge in [0.25, 0.3) is 0 Å². The summed E-state index contributed by atoms with van der Waals surface area (Å²) in [5.41, 5.74) is 2.18. The molecule has 2 N–H and O–H groups in total. The van der Waals surface area contributed by atoms with Crippen molar-refractivity contribution in [1.29, 1.82) is 0 Å². The predicted molar refractivity (Wildman–Crippen MR) is 85.9 cm³/mol. The van der Waals surface area contributed by atoms with Crippen LogP contribution in [0.5, 0.6) is 11.5 Å². The molecule has 1 fully saturated rings. The first-order valence-corrected chi connectivity index (χ1v) is 7.42. The number of phenols is 1. The van der Waals surface area contributed by atoms with Crippen LogP contribution in [0.25, 0.3) is 0 Å². The van der Waals surface area contributed by atoms with Gasteiger partial charge in [-0.3, -0.25) is 4.90 Å². The minimum Gasteiger partial charge on any atom is -0.504 e. The van der Waals surface area contributed by atoms with Crippen molar-refractivity contribution in [2.45, 2.75) is 32.4 Å². The topological polar surface area (TPSA) is 44.7 Å². The molecule has 116 valence electrons. The Balaban J connectivity index is 2.19. The Bertz CT molecular complexity index is 512. The molecule has 4 heteroatoms. The van der Waals surface area contributed by atoms with Gasteiger partial charge in [-0.15, -0.1) is 6.58 Å². The van der Waals surface area contributed by atoms with Crippen molar-refractivity contribution < 1.29 is 9.84 Å². The molecule has 0 bridgehead atoms. The lowest BCUT2D eigenvalue weighted by molar-refractivity contribution is 0.148. The largest absolute Gasteiger partial charge is 0.504 e. The summed E-state index contributed by atoms with van der Waals surface area (Å²) in [5, 5.41) is 13.7. The second-order valence-electron chi connectivity index (χ2n) is 6.32. The molecule has 0 aliphatic carbocycles. The van der Waals surface area contributed by atoms with E-state index in [4.69, 9.17) is 4.74 Å². The Morgan fingerprint density at radius 3 is 2.86 bits per heavy atom. The maximum Gasteiger partial charge on any atom is 0.161 e. The SMILES string of the molecule is C=CCc1cc(CN2CCNC(C)(C)C2)cc(OC)c1O. The van der Waals surface area contributed by atoms with E-state index >= 15 is 0 Å². The molecule has 0 amide bonds. The maximum absolute atomic E-state index is 10.1. The molecule has 1 saturated heterocycles. The van der Waals surface area contributed by atoms with Crippen molar-refractivity contribution in [3.8, 4) is 11.5 Å². The number of hydrogen-bond donors (Lipinski definition) is 2. The average molecular weight is 290 g/mol. The predicted octanol–water partition coefficient (Wildman–Crippen LogP) is 2.31. The van der Waals surface area contributed by atoms with Gasteiger partial charge < -0.3 is 15.2 Å². The van der Waals surface area contributed by atoms with E-state index in [-0.39, 0.29) is 11.3 Å². The summed E-state index contributed by atoms with van der Waals surface area (Å²) in [5.74, 6) is 0.764. The number of hydrogen-bond acceptors (Lipinski definition) is 4. The molecule has 1 aliphatic rings. The lowest BCUT2D eigenvalue weighted by Gasteiger charge is -2.39.